The number of nitrogens with zero attached hydrogens (tertiary/aromatic N) is 6. The van der Waals surface area contributed by atoms with E-state index in [2.05, 4.69) is 77.4 Å². The number of nitriles is 1. The van der Waals surface area contributed by atoms with Crippen LogP contribution in [0.4, 0.5) is 5.69 Å². The van der Waals surface area contributed by atoms with Gasteiger partial charge in [-0.3, -0.25) is 4.79 Å². The summed E-state index contributed by atoms with van der Waals surface area (Å²) in [7, 11) is 0. The third-order valence-corrected chi connectivity index (χ3v) is 8.99. The first kappa shape index (κ1) is 24.9. The number of likely N-dealkylation sites (tertiary alicyclic amines) is 1. The Balaban J connectivity index is 1.14. The SMILES string of the molecule is CC(C)N1CCC[C@@H](c2ccc(-c3cc4c(N5CCN(C(=O)C6CC(C#N)C6)CC5)ccnn4c3)cc2)C1. The maximum atomic E-state index is 12.8. The average Bonchev–Trinajstić information content (AvgIpc) is 3.37. The second-order valence-corrected chi connectivity index (χ2v) is 11.6. The van der Waals surface area contributed by atoms with Crippen LogP contribution in [0.2, 0.25) is 0 Å². The number of fused-ring (bicyclic) bond motifs is 1. The van der Waals surface area contributed by atoms with E-state index in [1.54, 1.807) is 0 Å². The van der Waals surface area contributed by atoms with Crippen molar-refractivity contribution in [2.75, 3.05) is 44.2 Å². The molecule has 4 heterocycles. The van der Waals surface area contributed by atoms with Gasteiger partial charge < -0.3 is 14.7 Å². The van der Waals surface area contributed by atoms with Gasteiger partial charge >= 0.3 is 0 Å². The van der Waals surface area contributed by atoms with Crippen molar-refractivity contribution < 1.29 is 4.79 Å². The van der Waals surface area contributed by atoms with Crippen molar-refractivity contribution in [2.45, 2.75) is 51.5 Å². The van der Waals surface area contributed by atoms with Crippen molar-refractivity contribution in [1.29, 1.82) is 5.26 Å². The zero-order valence-electron chi connectivity index (χ0n) is 22.6. The Kier molecular flexibility index (Phi) is 6.84. The van der Waals surface area contributed by atoms with E-state index in [9.17, 15) is 4.79 Å². The summed E-state index contributed by atoms with van der Waals surface area (Å²) >= 11 is 0. The molecule has 38 heavy (non-hydrogen) atoms. The van der Waals surface area contributed by atoms with E-state index in [1.807, 2.05) is 15.6 Å². The molecule has 6 rings (SSSR count). The van der Waals surface area contributed by atoms with E-state index in [0.29, 0.717) is 12.0 Å². The lowest BCUT2D eigenvalue weighted by molar-refractivity contribution is -0.139. The molecule has 1 saturated carbocycles. The van der Waals surface area contributed by atoms with Crippen LogP contribution in [0.3, 0.4) is 0 Å². The van der Waals surface area contributed by atoms with E-state index in [-0.39, 0.29) is 17.7 Å². The highest BCUT2D eigenvalue weighted by molar-refractivity contribution is 5.82. The number of carbonyl (C=O) groups is 1. The number of amides is 1. The van der Waals surface area contributed by atoms with Crippen LogP contribution in [0.1, 0.15) is 51.0 Å². The molecule has 2 aliphatic heterocycles. The molecule has 0 spiro atoms. The molecule has 2 saturated heterocycles. The molecule has 3 aliphatic rings. The van der Waals surface area contributed by atoms with E-state index in [1.165, 1.54) is 41.8 Å². The lowest BCUT2D eigenvalue weighted by Gasteiger charge is -2.40. The lowest BCUT2D eigenvalue weighted by Crippen LogP contribution is -2.52. The van der Waals surface area contributed by atoms with Gasteiger partial charge in [-0.15, -0.1) is 0 Å². The fraction of sp³-hybridized carbons (Fsp3) is 0.516. The first-order valence-corrected chi connectivity index (χ1v) is 14.3. The summed E-state index contributed by atoms with van der Waals surface area (Å²) in [5, 5.41) is 13.6. The molecule has 3 fully saturated rings. The van der Waals surface area contributed by atoms with Crippen molar-refractivity contribution in [3.63, 3.8) is 0 Å². The smallest absolute Gasteiger partial charge is 0.225 e. The molecule has 1 atom stereocenters. The molecule has 2 aromatic heterocycles. The third-order valence-electron chi connectivity index (χ3n) is 8.99. The number of rotatable bonds is 5. The quantitative estimate of drug-likeness (QED) is 0.494. The van der Waals surface area contributed by atoms with Crippen LogP contribution in [0, 0.1) is 23.2 Å². The minimum atomic E-state index is 0.0469. The predicted molar refractivity (Wildman–Crippen MR) is 150 cm³/mol. The Hall–Kier alpha value is -3.37. The normalized spacial score (nSPS) is 24.4. The van der Waals surface area contributed by atoms with Crippen molar-refractivity contribution in [3.8, 4) is 17.2 Å². The molecule has 1 aliphatic carbocycles. The zero-order chi connectivity index (χ0) is 26.2. The van der Waals surface area contributed by atoms with Crippen molar-refractivity contribution in [2.24, 2.45) is 11.8 Å². The summed E-state index contributed by atoms with van der Waals surface area (Å²) in [6, 6.07) is 16.4. The molecule has 1 aromatic carbocycles. The lowest BCUT2D eigenvalue weighted by atomic mass is 9.75. The Labute approximate surface area is 225 Å². The van der Waals surface area contributed by atoms with Crippen molar-refractivity contribution >= 4 is 17.1 Å². The van der Waals surface area contributed by atoms with Gasteiger partial charge in [0.05, 0.1) is 17.3 Å². The number of aromatic nitrogens is 2. The van der Waals surface area contributed by atoms with Gasteiger partial charge in [-0.1, -0.05) is 24.3 Å². The minimum Gasteiger partial charge on any atom is -0.366 e. The monoisotopic (exact) mass is 510 g/mol. The molecular weight excluding hydrogens is 472 g/mol. The summed E-state index contributed by atoms with van der Waals surface area (Å²) in [6.07, 6.45) is 7.99. The minimum absolute atomic E-state index is 0.0469. The topological polar surface area (TPSA) is 67.9 Å². The van der Waals surface area contributed by atoms with E-state index >= 15 is 0 Å². The third kappa shape index (κ3) is 4.78. The Morgan fingerprint density at radius 2 is 1.79 bits per heavy atom. The summed E-state index contributed by atoms with van der Waals surface area (Å²) in [4.78, 5) is 19.8. The molecule has 0 unspecified atom stereocenters. The van der Waals surface area contributed by atoms with Crippen LogP contribution in [-0.4, -0.2) is 70.6 Å². The summed E-state index contributed by atoms with van der Waals surface area (Å²) < 4.78 is 1.98. The first-order valence-electron chi connectivity index (χ1n) is 14.3. The first-order chi connectivity index (χ1) is 18.5. The Morgan fingerprint density at radius 3 is 2.50 bits per heavy atom. The fourth-order valence-electron chi connectivity index (χ4n) is 6.47. The number of piperidine rings is 1. The molecule has 7 nitrogen and oxygen atoms in total. The van der Waals surface area contributed by atoms with Crippen molar-refractivity contribution in [3.05, 3.63) is 54.4 Å². The van der Waals surface area contributed by atoms with E-state index in [4.69, 9.17) is 5.26 Å². The highest BCUT2D eigenvalue weighted by Crippen LogP contribution is 2.35. The molecule has 7 heteroatoms. The van der Waals surface area contributed by atoms with Crippen LogP contribution in [0.5, 0.6) is 0 Å². The molecule has 1 amide bonds. The second kappa shape index (κ2) is 10.4. The molecule has 0 bridgehead atoms. The van der Waals surface area contributed by atoms with Gasteiger partial charge in [0, 0.05) is 68.6 Å². The molecule has 198 valence electrons. The Morgan fingerprint density at radius 1 is 1.03 bits per heavy atom. The highest BCUT2D eigenvalue weighted by atomic mass is 16.2. The van der Waals surface area contributed by atoms with Crippen molar-refractivity contribution in [1.82, 2.24) is 19.4 Å². The predicted octanol–water partition coefficient (Wildman–Crippen LogP) is 4.79. The largest absolute Gasteiger partial charge is 0.366 e. The number of carbonyl (C=O) groups excluding carboxylic acids is 1. The maximum absolute atomic E-state index is 12.8. The van der Waals surface area contributed by atoms with Gasteiger partial charge in [0.25, 0.3) is 0 Å². The molecule has 0 N–H and O–H groups in total. The average molecular weight is 511 g/mol. The van der Waals surface area contributed by atoms with Crippen LogP contribution < -0.4 is 4.90 Å². The number of benzene rings is 1. The summed E-state index contributed by atoms with van der Waals surface area (Å²) in [5.41, 5.74) is 6.10. The van der Waals surface area contributed by atoms with Crippen LogP contribution in [0.15, 0.2) is 48.8 Å². The van der Waals surface area contributed by atoms with Gasteiger partial charge in [-0.25, -0.2) is 4.52 Å². The summed E-state index contributed by atoms with van der Waals surface area (Å²) in [5.74, 6) is 0.960. The number of hydrogen-bond acceptors (Lipinski definition) is 5. The number of piperazine rings is 1. The number of anilines is 1. The summed E-state index contributed by atoms with van der Waals surface area (Å²) in [6.45, 7) is 10.0. The number of hydrogen-bond donors (Lipinski definition) is 0. The van der Waals surface area contributed by atoms with E-state index in [0.717, 1.165) is 51.1 Å². The van der Waals surface area contributed by atoms with Crippen LogP contribution in [0.25, 0.3) is 16.6 Å². The molecule has 3 aromatic rings. The maximum Gasteiger partial charge on any atom is 0.225 e. The Bertz CT molecular complexity index is 1320. The second-order valence-electron chi connectivity index (χ2n) is 11.6. The fourth-order valence-corrected chi connectivity index (χ4v) is 6.47. The molecular formula is C31H38N6O. The standard InChI is InChI=1S/C31H38N6O/c1-22(2)36-11-3-4-26(20-36)24-5-7-25(8-6-24)28-18-30-29(9-10-33-37(30)21-28)34-12-14-35(15-13-34)31(38)27-16-23(17-27)19-32/h5-10,18,21-23,26-27H,3-4,11-17,20H2,1-2H3/t23?,26-,27?/m1/s1. The van der Waals surface area contributed by atoms with Gasteiger partial charge in [0.15, 0.2) is 0 Å². The van der Waals surface area contributed by atoms with E-state index < -0.39 is 0 Å². The molecule has 0 radical (unpaired) electrons. The van der Waals surface area contributed by atoms with Gasteiger partial charge in [-0.05, 0) is 75.3 Å². The van der Waals surface area contributed by atoms with Gasteiger partial charge in [-0.2, -0.15) is 10.4 Å². The highest BCUT2D eigenvalue weighted by Gasteiger charge is 2.37. The van der Waals surface area contributed by atoms with Gasteiger partial charge in [0.2, 0.25) is 5.91 Å². The van der Waals surface area contributed by atoms with Crippen LogP contribution in [-0.2, 0) is 4.79 Å². The van der Waals surface area contributed by atoms with Crippen LogP contribution >= 0.6 is 0 Å². The zero-order valence-corrected chi connectivity index (χ0v) is 22.6. The van der Waals surface area contributed by atoms with Gasteiger partial charge in [0.1, 0.15) is 0 Å².